The van der Waals surface area contributed by atoms with Gasteiger partial charge in [-0.25, -0.2) is 0 Å². The van der Waals surface area contributed by atoms with E-state index in [4.69, 9.17) is 25.8 Å². The zero-order chi connectivity index (χ0) is 19.8. The molecule has 148 valence electrons. The second kappa shape index (κ2) is 5.97. The van der Waals surface area contributed by atoms with E-state index in [9.17, 15) is 9.59 Å². The standard InChI is InChI=1S/C21H22ClNO5/c1-10(24)26-16-5-4-13-15-8-12-14(22)9-17(27-11(2)25)19-18(12)21(13,20(16)28-19)6-7-23(15)3/h4-5,9,13,15-16,20H,6-8H2,1-3H3/t13-,15+,16-,20-,21-/m0/s1. The number of rotatable bonds is 2. The maximum atomic E-state index is 11.7. The average Bonchev–Trinajstić information content (AvgIpc) is 2.96. The van der Waals surface area contributed by atoms with Crippen LogP contribution < -0.4 is 9.47 Å². The van der Waals surface area contributed by atoms with Gasteiger partial charge in [-0.15, -0.1) is 0 Å². The Morgan fingerprint density at radius 2 is 2.07 bits per heavy atom. The molecule has 0 saturated carbocycles. The largest absolute Gasteiger partial charge is 0.481 e. The fourth-order valence-electron chi connectivity index (χ4n) is 5.77. The number of nitrogens with zero attached hydrogens (tertiary/aromatic N) is 1. The number of likely N-dealkylation sites (tertiary alicyclic amines) is 1. The van der Waals surface area contributed by atoms with Crippen LogP contribution in [0.4, 0.5) is 0 Å². The summed E-state index contributed by atoms with van der Waals surface area (Å²) in [6.07, 6.45) is 4.95. The molecule has 0 unspecified atom stereocenters. The van der Waals surface area contributed by atoms with Crippen molar-refractivity contribution in [2.45, 2.75) is 50.4 Å². The number of esters is 2. The van der Waals surface area contributed by atoms with Gasteiger partial charge in [0.05, 0.1) is 0 Å². The summed E-state index contributed by atoms with van der Waals surface area (Å²) < 4.78 is 17.5. The molecule has 1 aromatic carbocycles. The summed E-state index contributed by atoms with van der Waals surface area (Å²) in [5, 5.41) is 0.593. The normalized spacial score (nSPS) is 34.4. The first-order valence-corrected chi connectivity index (χ1v) is 9.97. The third kappa shape index (κ3) is 2.25. The lowest BCUT2D eigenvalue weighted by molar-refractivity contribution is -0.152. The second-order valence-corrected chi connectivity index (χ2v) is 8.61. The Bertz CT molecular complexity index is 928. The minimum atomic E-state index is -0.486. The molecular formula is C21H22ClNO5. The fourth-order valence-corrected chi connectivity index (χ4v) is 6.04. The van der Waals surface area contributed by atoms with E-state index in [0.717, 1.165) is 30.5 Å². The summed E-state index contributed by atoms with van der Waals surface area (Å²) in [5.74, 6) is 0.376. The number of hydrogen-bond acceptors (Lipinski definition) is 6. The summed E-state index contributed by atoms with van der Waals surface area (Å²) in [5.41, 5.74) is 1.76. The predicted octanol–water partition coefficient (Wildman–Crippen LogP) is 2.64. The number of carbonyl (C=O) groups excluding carboxylic acids is 2. The van der Waals surface area contributed by atoms with Crippen molar-refractivity contribution >= 4 is 23.5 Å². The topological polar surface area (TPSA) is 65.1 Å². The van der Waals surface area contributed by atoms with E-state index in [1.807, 2.05) is 6.08 Å². The lowest BCUT2D eigenvalue weighted by Gasteiger charge is -2.56. The zero-order valence-corrected chi connectivity index (χ0v) is 16.8. The van der Waals surface area contributed by atoms with E-state index >= 15 is 0 Å². The molecule has 6 nitrogen and oxygen atoms in total. The van der Waals surface area contributed by atoms with Crippen LogP contribution in [0, 0.1) is 5.92 Å². The molecule has 1 aromatic rings. The minimum Gasteiger partial charge on any atom is -0.481 e. The highest BCUT2D eigenvalue weighted by atomic mass is 35.5. The molecular weight excluding hydrogens is 382 g/mol. The van der Waals surface area contributed by atoms with Crippen molar-refractivity contribution in [2.24, 2.45) is 5.92 Å². The van der Waals surface area contributed by atoms with Crippen LogP contribution >= 0.6 is 11.6 Å². The van der Waals surface area contributed by atoms with Gasteiger partial charge in [0, 0.05) is 47.9 Å². The Balaban J connectivity index is 1.75. The highest BCUT2D eigenvalue weighted by Gasteiger charge is 2.65. The third-order valence-electron chi connectivity index (χ3n) is 6.75. The van der Waals surface area contributed by atoms with Crippen molar-refractivity contribution in [2.75, 3.05) is 13.6 Å². The molecule has 7 heteroatoms. The molecule has 2 aliphatic carbocycles. The Labute approximate surface area is 168 Å². The van der Waals surface area contributed by atoms with Crippen LogP contribution in [-0.2, 0) is 26.2 Å². The van der Waals surface area contributed by atoms with E-state index in [-0.39, 0.29) is 23.4 Å². The van der Waals surface area contributed by atoms with Gasteiger partial charge in [-0.3, -0.25) is 9.59 Å². The van der Waals surface area contributed by atoms with Crippen molar-refractivity contribution in [3.63, 3.8) is 0 Å². The van der Waals surface area contributed by atoms with Gasteiger partial charge in [0.2, 0.25) is 0 Å². The first kappa shape index (κ1) is 18.0. The molecule has 0 amide bonds. The van der Waals surface area contributed by atoms with Crippen LogP contribution in [0.1, 0.15) is 31.4 Å². The zero-order valence-electron chi connectivity index (χ0n) is 16.0. The summed E-state index contributed by atoms with van der Waals surface area (Å²) in [4.78, 5) is 25.7. The minimum absolute atomic E-state index is 0.223. The van der Waals surface area contributed by atoms with Gasteiger partial charge in [0.15, 0.2) is 17.6 Å². The van der Waals surface area contributed by atoms with Gasteiger partial charge < -0.3 is 19.1 Å². The van der Waals surface area contributed by atoms with E-state index in [2.05, 4.69) is 18.0 Å². The SMILES string of the molecule is CC(=O)Oc1cc(Cl)c2c3c1O[C@H]1[C@@H](OC(C)=O)C=C[C@H]4[C@@H](C2)N(C)CC[C@@]341. The summed E-state index contributed by atoms with van der Waals surface area (Å²) in [6.45, 7) is 3.68. The number of ether oxygens (including phenoxy) is 3. The lowest BCUT2D eigenvalue weighted by Crippen LogP contribution is -2.65. The summed E-state index contributed by atoms with van der Waals surface area (Å²) in [6, 6.07) is 1.97. The van der Waals surface area contributed by atoms with Gasteiger partial charge in [0.25, 0.3) is 0 Å². The van der Waals surface area contributed by atoms with Crippen LogP contribution in [0.15, 0.2) is 18.2 Å². The highest BCUT2D eigenvalue weighted by molar-refractivity contribution is 6.31. The van der Waals surface area contributed by atoms with Gasteiger partial charge in [0.1, 0.15) is 6.10 Å². The van der Waals surface area contributed by atoms with E-state index in [1.54, 1.807) is 6.07 Å². The predicted molar refractivity (Wildman–Crippen MR) is 102 cm³/mol. The monoisotopic (exact) mass is 403 g/mol. The first-order valence-electron chi connectivity index (χ1n) is 9.59. The molecule has 5 atom stereocenters. The molecule has 4 aliphatic rings. The Morgan fingerprint density at radius 1 is 1.29 bits per heavy atom. The molecule has 5 rings (SSSR count). The maximum absolute atomic E-state index is 11.7. The van der Waals surface area contributed by atoms with Gasteiger partial charge >= 0.3 is 11.9 Å². The van der Waals surface area contributed by atoms with Crippen molar-refractivity contribution < 1.29 is 23.8 Å². The van der Waals surface area contributed by atoms with Crippen LogP contribution in [0.5, 0.6) is 11.5 Å². The molecule has 2 aliphatic heterocycles. The molecule has 1 spiro atoms. The molecule has 2 bridgehead atoms. The van der Waals surface area contributed by atoms with Crippen LogP contribution in [0.25, 0.3) is 0 Å². The van der Waals surface area contributed by atoms with Gasteiger partial charge in [-0.05, 0) is 38.1 Å². The summed E-state index contributed by atoms with van der Waals surface area (Å²) >= 11 is 6.66. The lowest BCUT2D eigenvalue weighted by atomic mass is 9.53. The van der Waals surface area contributed by atoms with Crippen LogP contribution in [0.3, 0.4) is 0 Å². The van der Waals surface area contributed by atoms with E-state index < -0.39 is 12.1 Å². The average molecular weight is 404 g/mol. The Morgan fingerprint density at radius 3 is 2.79 bits per heavy atom. The Kier molecular flexibility index (Phi) is 3.84. The van der Waals surface area contributed by atoms with E-state index in [0.29, 0.717) is 22.6 Å². The van der Waals surface area contributed by atoms with Crippen molar-refractivity contribution in [3.05, 3.63) is 34.4 Å². The molecule has 0 N–H and O–H groups in total. The third-order valence-corrected chi connectivity index (χ3v) is 7.08. The summed E-state index contributed by atoms with van der Waals surface area (Å²) in [7, 11) is 2.14. The number of halogens is 1. The number of piperidine rings is 1. The van der Waals surface area contributed by atoms with Crippen molar-refractivity contribution in [1.29, 1.82) is 0 Å². The second-order valence-electron chi connectivity index (χ2n) is 8.20. The van der Waals surface area contributed by atoms with Gasteiger partial charge in [-0.2, -0.15) is 0 Å². The number of benzene rings is 1. The van der Waals surface area contributed by atoms with E-state index in [1.165, 1.54) is 13.8 Å². The molecule has 1 saturated heterocycles. The van der Waals surface area contributed by atoms with Crippen LogP contribution in [0.2, 0.25) is 5.02 Å². The maximum Gasteiger partial charge on any atom is 0.308 e. The quantitative estimate of drug-likeness (QED) is 0.429. The smallest absolute Gasteiger partial charge is 0.308 e. The fraction of sp³-hybridized carbons (Fsp3) is 0.524. The molecule has 2 heterocycles. The number of carbonyl (C=O) groups is 2. The van der Waals surface area contributed by atoms with Gasteiger partial charge in [-0.1, -0.05) is 17.7 Å². The molecule has 0 aromatic heterocycles. The first-order chi connectivity index (χ1) is 13.3. The number of hydrogen-bond donors (Lipinski definition) is 0. The highest BCUT2D eigenvalue weighted by Crippen LogP contribution is 2.63. The molecule has 1 fully saturated rings. The Hall–Kier alpha value is -2.05. The molecule has 0 radical (unpaired) electrons. The van der Waals surface area contributed by atoms with Crippen molar-refractivity contribution in [3.8, 4) is 11.5 Å². The number of likely N-dealkylation sites (N-methyl/N-ethyl adjacent to an activating group) is 1. The van der Waals surface area contributed by atoms with Crippen LogP contribution in [-0.4, -0.2) is 48.7 Å². The van der Waals surface area contributed by atoms with Crippen molar-refractivity contribution in [1.82, 2.24) is 4.90 Å². The molecule has 28 heavy (non-hydrogen) atoms.